The highest BCUT2D eigenvalue weighted by molar-refractivity contribution is 9.10. The molecule has 2 aromatic carbocycles. The molecule has 0 aliphatic carbocycles. The molecule has 0 fully saturated rings. The van der Waals surface area contributed by atoms with Gasteiger partial charge >= 0.3 is 0 Å². The lowest BCUT2D eigenvalue weighted by Crippen LogP contribution is -2.06. The first-order chi connectivity index (χ1) is 9.60. The van der Waals surface area contributed by atoms with Crippen LogP contribution in [-0.2, 0) is 13.2 Å². The van der Waals surface area contributed by atoms with E-state index in [1.54, 1.807) is 0 Å². The van der Waals surface area contributed by atoms with Gasteiger partial charge in [0.2, 0.25) is 0 Å². The number of ether oxygens (including phenoxy) is 1. The van der Waals surface area contributed by atoms with Crippen molar-refractivity contribution in [3.8, 4) is 5.75 Å². The molecule has 1 N–H and O–H groups in total. The second-order valence-corrected chi connectivity index (χ2v) is 5.57. The van der Waals surface area contributed by atoms with E-state index in [4.69, 9.17) is 16.3 Å². The molecule has 0 aromatic heterocycles. The predicted molar refractivity (Wildman–Crippen MR) is 82.6 cm³/mol. The van der Waals surface area contributed by atoms with Crippen LogP contribution in [0.1, 0.15) is 11.1 Å². The minimum atomic E-state index is -0.320. The molecule has 0 atom stereocenters. The van der Waals surface area contributed by atoms with Crippen molar-refractivity contribution >= 4 is 27.5 Å². The third-order valence-corrected chi connectivity index (χ3v) is 3.93. The molecule has 0 aliphatic heterocycles. The van der Waals surface area contributed by atoms with E-state index in [1.807, 2.05) is 25.2 Å². The van der Waals surface area contributed by atoms with Crippen molar-refractivity contribution in [1.82, 2.24) is 5.32 Å². The maximum absolute atomic E-state index is 13.2. The quantitative estimate of drug-likeness (QED) is 0.847. The van der Waals surface area contributed by atoms with Crippen molar-refractivity contribution in [2.75, 3.05) is 7.05 Å². The summed E-state index contributed by atoms with van der Waals surface area (Å²) in [7, 11) is 1.88. The molecule has 2 rings (SSSR count). The van der Waals surface area contributed by atoms with Crippen LogP contribution in [0.4, 0.5) is 4.39 Å². The van der Waals surface area contributed by atoms with Crippen molar-refractivity contribution in [3.63, 3.8) is 0 Å². The van der Waals surface area contributed by atoms with Gasteiger partial charge in [0.05, 0.1) is 0 Å². The van der Waals surface area contributed by atoms with Gasteiger partial charge in [-0.15, -0.1) is 0 Å². The van der Waals surface area contributed by atoms with Crippen LogP contribution in [-0.4, -0.2) is 7.05 Å². The normalized spacial score (nSPS) is 10.6. The van der Waals surface area contributed by atoms with Crippen LogP contribution in [0, 0.1) is 5.82 Å². The van der Waals surface area contributed by atoms with E-state index in [2.05, 4.69) is 21.2 Å². The average Bonchev–Trinajstić information content (AvgIpc) is 2.43. The SMILES string of the molecule is CNCc1cc(OCc2cc(F)ccc2Cl)ccc1Br. The van der Waals surface area contributed by atoms with E-state index in [0.29, 0.717) is 10.6 Å². The largest absolute Gasteiger partial charge is 0.489 e. The van der Waals surface area contributed by atoms with Gasteiger partial charge in [0.15, 0.2) is 0 Å². The molecule has 2 aromatic rings. The Labute approximate surface area is 131 Å². The van der Waals surface area contributed by atoms with Gasteiger partial charge in [-0.25, -0.2) is 4.39 Å². The van der Waals surface area contributed by atoms with Crippen LogP contribution in [0.5, 0.6) is 5.75 Å². The maximum atomic E-state index is 13.2. The molecule has 20 heavy (non-hydrogen) atoms. The number of nitrogens with one attached hydrogen (secondary N) is 1. The Hall–Kier alpha value is -1.10. The van der Waals surface area contributed by atoms with Crippen molar-refractivity contribution in [3.05, 3.63) is 62.8 Å². The summed E-state index contributed by atoms with van der Waals surface area (Å²) in [5.74, 6) is 0.401. The van der Waals surface area contributed by atoms with E-state index >= 15 is 0 Å². The highest BCUT2D eigenvalue weighted by atomic mass is 79.9. The van der Waals surface area contributed by atoms with Gasteiger partial charge in [-0.2, -0.15) is 0 Å². The molecular weight excluding hydrogens is 345 g/mol. The molecule has 5 heteroatoms. The molecule has 0 radical (unpaired) electrons. The Kier molecular flexibility index (Phi) is 5.40. The summed E-state index contributed by atoms with van der Waals surface area (Å²) in [6, 6.07) is 9.97. The molecule has 0 saturated carbocycles. The van der Waals surface area contributed by atoms with Crippen LogP contribution in [0.25, 0.3) is 0 Å². The Morgan fingerprint density at radius 3 is 2.75 bits per heavy atom. The zero-order valence-electron chi connectivity index (χ0n) is 10.9. The van der Waals surface area contributed by atoms with Crippen LogP contribution >= 0.6 is 27.5 Å². The highest BCUT2D eigenvalue weighted by Gasteiger charge is 2.05. The maximum Gasteiger partial charge on any atom is 0.123 e. The molecule has 2 nitrogen and oxygen atoms in total. The van der Waals surface area contributed by atoms with Crippen LogP contribution < -0.4 is 10.1 Å². The van der Waals surface area contributed by atoms with Crippen LogP contribution in [0.2, 0.25) is 5.02 Å². The summed E-state index contributed by atoms with van der Waals surface area (Å²) in [5.41, 5.74) is 1.72. The summed E-state index contributed by atoms with van der Waals surface area (Å²) >= 11 is 9.49. The summed E-state index contributed by atoms with van der Waals surface area (Å²) in [5, 5.41) is 3.59. The summed E-state index contributed by atoms with van der Waals surface area (Å²) in [6.07, 6.45) is 0. The first kappa shape index (κ1) is 15.3. The first-order valence-corrected chi connectivity index (χ1v) is 7.27. The standard InChI is InChI=1S/C15H14BrClFNO/c1-19-8-10-7-13(3-4-14(10)16)20-9-11-6-12(18)2-5-15(11)17/h2-7,19H,8-9H2,1H3. The third kappa shape index (κ3) is 3.95. The van der Waals surface area contributed by atoms with E-state index < -0.39 is 0 Å². The Balaban J connectivity index is 2.10. The zero-order valence-corrected chi connectivity index (χ0v) is 13.3. The van der Waals surface area contributed by atoms with Crippen LogP contribution in [0.15, 0.2) is 40.9 Å². The van der Waals surface area contributed by atoms with Gasteiger partial charge in [-0.3, -0.25) is 0 Å². The van der Waals surface area contributed by atoms with E-state index in [9.17, 15) is 4.39 Å². The van der Waals surface area contributed by atoms with Crippen molar-refractivity contribution in [2.24, 2.45) is 0 Å². The molecule has 0 aliphatic rings. The lowest BCUT2D eigenvalue weighted by atomic mass is 10.2. The molecule has 0 amide bonds. The second kappa shape index (κ2) is 7.07. The summed E-state index contributed by atoms with van der Waals surface area (Å²) in [4.78, 5) is 0. The molecule has 0 spiro atoms. The Bertz CT molecular complexity index is 606. The number of rotatable bonds is 5. The van der Waals surface area contributed by atoms with Gasteiger partial charge < -0.3 is 10.1 Å². The molecule has 0 heterocycles. The molecular formula is C15H14BrClFNO. The fourth-order valence-electron chi connectivity index (χ4n) is 1.78. The van der Waals surface area contributed by atoms with Gasteiger partial charge in [0.25, 0.3) is 0 Å². The first-order valence-electron chi connectivity index (χ1n) is 6.10. The van der Waals surface area contributed by atoms with E-state index in [-0.39, 0.29) is 12.4 Å². The lowest BCUT2D eigenvalue weighted by molar-refractivity contribution is 0.305. The highest BCUT2D eigenvalue weighted by Crippen LogP contribution is 2.24. The fraction of sp³-hybridized carbons (Fsp3) is 0.200. The van der Waals surface area contributed by atoms with Crippen molar-refractivity contribution in [1.29, 1.82) is 0 Å². The molecule has 0 unspecified atom stereocenters. The Morgan fingerprint density at radius 2 is 2.00 bits per heavy atom. The predicted octanol–water partition coefficient (Wildman–Crippen LogP) is 4.54. The molecule has 0 bridgehead atoms. The van der Waals surface area contributed by atoms with E-state index in [0.717, 1.165) is 22.3 Å². The van der Waals surface area contributed by atoms with Gasteiger partial charge in [-0.1, -0.05) is 27.5 Å². The minimum absolute atomic E-state index is 0.233. The van der Waals surface area contributed by atoms with Gasteiger partial charge in [0, 0.05) is 21.6 Å². The summed E-state index contributed by atoms with van der Waals surface area (Å²) in [6.45, 7) is 0.968. The molecule has 106 valence electrons. The monoisotopic (exact) mass is 357 g/mol. The average molecular weight is 359 g/mol. The van der Waals surface area contributed by atoms with Crippen molar-refractivity contribution < 1.29 is 9.13 Å². The van der Waals surface area contributed by atoms with Crippen LogP contribution in [0.3, 0.4) is 0 Å². The van der Waals surface area contributed by atoms with Crippen molar-refractivity contribution in [2.45, 2.75) is 13.2 Å². The fourth-order valence-corrected chi connectivity index (χ4v) is 2.34. The van der Waals surface area contributed by atoms with Gasteiger partial charge in [-0.05, 0) is 49.0 Å². The zero-order chi connectivity index (χ0) is 14.5. The topological polar surface area (TPSA) is 21.3 Å². The summed E-state index contributed by atoms with van der Waals surface area (Å²) < 4.78 is 19.8. The minimum Gasteiger partial charge on any atom is -0.489 e. The number of benzene rings is 2. The number of halogens is 3. The van der Waals surface area contributed by atoms with E-state index in [1.165, 1.54) is 18.2 Å². The second-order valence-electron chi connectivity index (χ2n) is 4.31. The number of hydrogen-bond acceptors (Lipinski definition) is 2. The van der Waals surface area contributed by atoms with Gasteiger partial charge in [0.1, 0.15) is 18.2 Å². The third-order valence-electron chi connectivity index (χ3n) is 2.79. The Morgan fingerprint density at radius 1 is 1.20 bits per heavy atom. The lowest BCUT2D eigenvalue weighted by Gasteiger charge is -2.10. The smallest absolute Gasteiger partial charge is 0.123 e. The molecule has 0 saturated heterocycles. The number of hydrogen-bond donors (Lipinski definition) is 1.